The number of urea groups is 1. The van der Waals surface area contributed by atoms with Crippen LogP contribution < -0.4 is 5.32 Å². The Morgan fingerprint density at radius 1 is 1.37 bits per heavy atom. The number of hydrogen-bond donors (Lipinski definition) is 2. The van der Waals surface area contributed by atoms with Gasteiger partial charge in [-0.25, -0.2) is 4.79 Å². The molecule has 0 spiro atoms. The number of carboxylic acid groups (broad SMARTS) is 1. The molecule has 0 aliphatic carbocycles. The topological polar surface area (TPSA) is 78.9 Å². The SMILES string of the molecule is CCC(C)(CNC(=O)N1CC2CCC(C1)O2)C(=O)O. The van der Waals surface area contributed by atoms with Crippen LogP contribution in [-0.4, -0.2) is 53.8 Å². The summed E-state index contributed by atoms with van der Waals surface area (Å²) in [6.45, 7) is 4.84. The highest BCUT2D eigenvalue weighted by molar-refractivity contribution is 5.78. The third kappa shape index (κ3) is 3.00. The van der Waals surface area contributed by atoms with Crippen molar-refractivity contribution in [3.8, 4) is 0 Å². The van der Waals surface area contributed by atoms with Gasteiger partial charge in [0.05, 0.1) is 17.6 Å². The number of fused-ring (bicyclic) bond motifs is 2. The summed E-state index contributed by atoms with van der Waals surface area (Å²) < 4.78 is 5.67. The smallest absolute Gasteiger partial charge is 0.317 e. The maximum Gasteiger partial charge on any atom is 0.317 e. The summed E-state index contributed by atoms with van der Waals surface area (Å²) >= 11 is 0. The summed E-state index contributed by atoms with van der Waals surface area (Å²) in [4.78, 5) is 25.0. The molecule has 2 N–H and O–H groups in total. The first-order valence-electron chi connectivity index (χ1n) is 6.86. The Bertz CT molecular complexity index is 362. The molecule has 3 atom stereocenters. The Balaban J connectivity index is 1.86. The van der Waals surface area contributed by atoms with E-state index in [4.69, 9.17) is 9.84 Å². The van der Waals surface area contributed by atoms with Gasteiger partial charge in [0.15, 0.2) is 0 Å². The normalized spacial score (nSPS) is 28.8. The van der Waals surface area contributed by atoms with Crippen LogP contribution in [0.4, 0.5) is 4.79 Å². The molecule has 19 heavy (non-hydrogen) atoms. The number of hydrogen-bond acceptors (Lipinski definition) is 3. The number of likely N-dealkylation sites (tertiary alicyclic amines) is 1. The molecule has 0 aromatic rings. The van der Waals surface area contributed by atoms with E-state index < -0.39 is 11.4 Å². The van der Waals surface area contributed by atoms with Crippen molar-refractivity contribution in [1.82, 2.24) is 10.2 Å². The fourth-order valence-corrected chi connectivity index (χ4v) is 2.51. The van der Waals surface area contributed by atoms with Crippen LogP contribution in [0, 0.1) is 5.41 Å². The van der Waals surface area contributed by atoms with Gasteiger partial charge in [-0.2, -0.15) is 0 Å². The van der Waals surface area contributed by atoms with E-state index in [1.54, 1.807) is 11.8 Å². The Hall–Kier alpha value is -1.30. The number of morpholine rings is 1. The molecule has 3 unspecified atom stereocenters. The second kappa shape index (κ2) is 5.36. The molecular weight excluding hydrogens is 248 g/mol. The predicted molar refractivity (Wildman–Crippen MR) is 68.9 cm³/mol. The van der Waals surface area contributed by atoms with Gasteiger partial charge in [0.2, 0.25) is 0 Å². The van der Waals surface area contributed by atoms with E-state index in [0.29, 0.717) is 19.5 Å². The van der Waals surface area contributed by atoms with Crippen molar-refractivity contribution in [2.75, 3.05) is 19.6 Å². The monoisotopic (exact) mass is 270 g/mol. The highest BCUT2D eigenvalue weighted by Gasteiger charge is 2.37. The third-order valence-electron chi connectivity index (χ3n) is 4.26. The van der Waals surface area contributed by atoms with Crippen molar-refractivity contribution in [2.24, 2.45) is 5.41 Å². The number of carbonyl (C=O) groups excluding carboxylic acids is 1. The molecule has 0 radical (unpaired) electrons. The summed E-state index contributed by atoms with van der Waals surface area (Å²) in [7, 11) is 0. The second-order valence-electron chi connectivity index (χ2n) is 5.74. The zero-order valence-electron chi connectivity index (χ0n) is 11.5. The fraction of sp³-hybridized carbons (Fsp3) is 0.846. The number of amides is 2. The van der Waals surface area contributed by atoms with E-state index in [1.165, 1.54) is 0 Å². The quantitative estimate of drug-likeness (QED) is 0.800. The van der Waals surface area contributed by atoms with E-state index in [9.17, 15) is 9.59 Å². The molecule has 2 rings (SSSR count). The summed E-state index contributed by atoms with van der Waals surface area (Å²) in [5, 5.41) is 11.9. The average molecular weight is 270 g/mol. The minimum absolute atomic E-state index is 0.154. The minimum Gasteiger partial charge on any atom is -0.481 e. The molecule has 2 aliphatic rings. The third-order valence-corrected chi connectivity index (χ3v) is 4.26. The van der Waals surface area contributed by atoms with Gasteiger partial charge < -0.3 is 20.1 Å². The van der Waals surface area contributed by atoms with Gasteiger partial charge in [-0.15, -0.1) is 0 Å². The van der Waals surface area contributed by atoms with Crippen LogP contribution in [0.3, 0.4) is 0 Å². The van der Waals surface area contributed by atoms with Crippen LogP contribution >= 0.6 is 0 Å². The highest BCUT2D eigenvalue weighted by Crippen LogP contribution is 2.26. The van der Waals surface area contributed by atoms with Crippen molar-refractivity contribution in [1.29, 1.82) is 0 Å². The molecule has 2 aliphatic heterocycles. The van der Waals surface area contributed by atoms with Gasteiger partial charge >= 0.3 is 12.0 Å². The van der Waals surface area contributed by atoms with Crippen molar-refractivity contribution < 1.29 is 19.4 Å². The lowest BCUT2D eigenvalue weighted by molar-refractivity contribution is -0.147. The Morgan fingerprint density at radius 2 is 1.95 bits per heavy atom. The van der Waals surface area contributed by atoms with E-state index in [-0.39, 0.29) is 24.8 Å². The lowest BCUT2D eigenvalue weighted by atomic mass is 9.88. The number of ether oxygens (including phenoxy) is 1. The number of nitrogens with one attached hydrogen (secondary N) is 1. The molecule has 2 heterocycles. The maximum atomic E-state index is 12.1. The van der Waals surface area contributed by atoms with Crippen LogP contribution in [0.5, 0.6) is 0 Å². The van der Waals surface area contributed by atoms with Crippen LogP contribution in [0.25, 0.3) is 0 Å². The van der Waals surface area contributed by atoms with E-state index >= 15 is 0 Å². The first-order valence-corrected chi connectivity index (χ1v) is 6.86. The Kier molecular flexibility index (Phi) is 3.99. The molecule has 2 fully saturated rings. The average Bonchev–Trinajstić information content (AvgIpc) is 2.74. The zero-order valence-corrected chi connectivity index (χ0v) is 11.5. The van der Waals surface area contributed by atoms with E-state index in [1.807, 2.05) is 6.92 Å². The number of aliphatic carboxylic acids is 1. The molecule has 108 valence electrons. The molecule has 2 bridgehead atoms. The van der Waals surface area contributed by atoms with Gasteiger partial charge in [-0.3, -0.25) is 4.79 Å². The zero-order chi connectivity index (χ0) is 14.0. The van der Waals surface area contributed by atoms with Gasteiger partial charge in [0.25, 0.3) is 0 Å². The van der Waals surface area contributed by atoms with Gasteiger partial charge in [-0.05, 0) is 26.2 Å². The molecular formula is C13H22N2O4. The van der Waals surface area contributed by atoms with Gasteiger partial charge in [-0.1, -0.05) is 6.92 Å². The molecule has 0 aromatic carbocycles. The molecule has 2 saturated heterocycles. The standard InChI is InChI=1S/C13H22N2O4/c1-3-13(2,11(16)17)8-14-12(18)15-6-9-4-5-10(7-15)19-9/h9-10H,3-8H2,1-2H3,(H,14,18)(H,16,17). The van der Waals surface area contributed by atoms with Crippen LogP contribution in [0.1, 0.15) is 33.1 Å². The van der Waals surface area contributed by atoms with Crippen molar-refractivity contribution in [2.45, 2.75) is 45.3 Å². The lowest BCUT2D eigenvalue weighted by Crippen LogP contribution is -2.52. The van der Waals surface area contributed by atoms with Gasteiger partial charge in [0.1, 0.15) is 0 Å². The number of carboxylic acids is 1. The van der Waals surface area contributed by atoms with E-state index in [2.05, 4.69) is 5.32 Å². The fourth-order valence-electron chi connectivity index (χ4n) is 2.51. The van der Waals surface area contributed by atoms with E-state index in [0.717, 1.165) is 12.8 Å². The summed E-state index contributed by atoms with van der Waals surface area (Å²) in [5.41, 5.74) is -0.902. The second-order valence-corrected chi connectivity index (χ2v) is 5.74. The first kappa shape index (κ1) is 14.1. The minimum atomic E-state index is -0.902. The van der Waals surface area contributed by atoms with Crippen LogP contribution in [-0.2, 0) is 9.53 Å². The Labute approximate surface area is 113 Å². The molecule has 6 nitrogen and oxygen atoms in total. The molecule has 0 saturated carbocycles. The molecule has 2 amide bonds. The van der Waals surface area contributed by atoms with Crippen molar-refractivity contribution in [3.05, 3.63) is 0 Å². The summed E-state index contributed by atoms with van der Waals surface area (Å²) in [6, 6.07) is -0.180. The molecule has 6 heteroatoms. The summed E-state index contributed by atoms with van der Waals surface area (Å²) in [6.07, 6.45) is 2.81. The van der Waals surface area contributed by atoms with Crippen LogP contribution in [0.2, 0.25) is 0 Å². The van der Waals surface area contributed by atoms with Crippen molar-refractivity contribution in [3.63, 3.8) is 0 Å². The number of rotatable bonds is 4. The maximum absolute atomic E-state index is 12.1. The largest absolute Gasteiger partial charge is 0.481 e. The first-order chi connectivity index (χ1) is 8.94. The summed E-state index contributed by atoms with van der Waals surface area (Å²) in [5.74, 6) is -0.877. The predicted octanol–water partition coefficient (Wildman–Crippen LogP) is 1.06. The van der Waals surface area contributed by atoms with Gasteiger partial charge in [0, 0.05) is 19.6 Å². The molecule has 0 aromatic heterocycles. The number of nitrogens with zero attached hydrogens (tertiary/aromatic N) is 1. The Morgan fingerprint density at radius 3 is 2.42 bits per heavy atom. The highest BCUT2D eigenvalue weighted by atomic mass is 16.5. The lowest BCUT2D eigenvalue weighted by Gasteiger charge is -2.33. The van der Waals surface area contributed by atoms with Crippen molar-refractivity contribution >= 4 is 12.0 Å². The van der Waals surface area contributed by atoms with Crippen LogP contribution in [0.15, 0.2) is 0 Å². The number of carbonyl (C=O) groups is 2.